The van der Waals surface area contributed by atoms with Gasteiger partial charge in [-0.2, -0.15) is 0 Å². The first-order valence-electron chi connectivity index (χ1n) is 8.69. The largest absolute Gasteiger partial charge is 0.496 e. The number of ether oxygens (including phenoxy) is 2. The number of para-hydroxylation sites is 1. The molecule has 2 aliphatic rings. The molecule has 2 bridgehead atoms. The molecule has 2 aromatic carbocycles. The van der Waals surface area contributed by atoms with E-state index >= 15 is 0 Å². The third-order valence-corrected chi connectivity index (χ3v) is 4.96. The summed E-state index contributed by atoms with van der Waals surface area (Å²) in [4.78, 5) is 12.3. The van der Waals surface area contributed by atoms with E-state index in [1.807, 2.05) is 48.5 Å². The molecule has 0 aromatic heterocycles. The number of hydrogen-bond donors (Lipinski definition) is 2. The van der Waals surface area contributed by atoms with Crippen molar-refractivity contribution in [2.75, 3.05) is 12.4 Å². The SMILES string of the molecule is COc1ccccc1-c1cccc(NC(=O)N[C@@H]2C[C@H]3CC[C@H]2O3)c1. The summed E-state index contributed by atoms with van der Waals surface area (Å²) in [6.45, 7) is 0. The number of carbonyl (C=O) groups is 1. The summed E-state index contributed by atoms with van der Waals surface area (Å²) in [5, 5.41) is 5.97. The van der Waals surface area contributed by atoms with Gasteiger partial charge >= 0.3 is 6.03 Å². The van der Waals surface area contributed by atoms with Gasteiger partial charge in [0.1, 0.15) is 5.75 Å². The number of fused-ring (bicyclic) bond motifs is 2. The van der Waals surface area contributed by atoms with Gasteiger partial charge in [0, 0.05) is 11.3 Å². The minimum Gasteiger partial charge on any atom is -0.496 e. The van der Waals surface area contributed by atoms with Crippen LogP contribution in [0.5, 0.6) is 5.75 Å². The normalized spacial score (nSPS) is 24.1. The maximum Gasteiger partial charge on any atom is 0.319 e. The summed E-state index contributed by atoms with van der Waals surface area (Å²) in [6.07, 6.45) is 3.57. The van der Waals surface area contributed by atoms with Crippen LogP contribution in [0.4, 0.5) is 10.5 Å². The highest BCUT2D eigenvalue weighted by molar-refractivity contribution is 5.90. The van der Waals surface area contributed by atoms with Gasteiger partial charge in [-0.05, 0) is 43.0 Å². The molecule has 2 fully saturated rings. The Bertz CT molecular complexity index is 777. The van der Waals surface area contributed by atoms with E-state index in [0.717, 1.165) is 41.8 Å². The summed E-state index contributed by atoms with van der Waals surface area (Å²) >= 11 is 0. The average Bonchev–Trinajstić information content (AvgIpc) is 3.25. The van der Waals surface area contributed by atoms with Gasteiger partial charge in [0.15, 0.2) is 0 Å². The van der Waals surface area contributed by atoms with E-state index < -0.39 is 0 Å². The van der Waals surface area contributed by atoms with E-state index in [4.69, 9.17) is 9.47 Å². The van der Waals surface area contributed by atoms with Crippen LogP contribution in [0.15, 0.2) is 48.5 Å². The average molecular weight is 338 g/mol. The Kier molecular flexibility index (Phi) is 4.32. The van der Waals surface area contributed by atoms with E-state index in [1.54, 1.807) is 7.11 Å². The van der Waals surface area contributed by atoms with Crippen LogP contribution in [0.25, 0.3) is 11.1 Å². The zero-order chi connectivity index (χ0) is 17.2. The van der Waals surface area contributed by atoms with E-state index in [-0.39, 0.29) is 18.2 Å². The fraction of sp³-hybridized carbons (Fsp3) is 0.350. The Morgan fingerprint density at radius 2 is 2.04 bits per heavy atom. The lowest BCUT2D eigenvalue weighted by molar-refractivity contribution is 0.0984. The van der Waals surface area contributed by atoms with Crippen LogP contribution in [0.2, 0.25) is 0 Å². The Balaban J connectivity index is 1.45. The van der Waals surface area contributed by atoms with Crippen LogP contribution in [-0.4, -0.2) is 31.4 Å². The van der Waals surface area contributed by atoms with Crippen molar-refractivity contribution in [2.24, 2.45) is 0 Å². The van der Waals surface area contributed by atoms with Crippen molar-refractivity contribution >= 4 is 11.7 Å². The van der Waals surface area contributed by atoms with Crippen molar-refractivity contribution < 1.29 is 14.3 Å². The second kappa shape index (κ2) is 6.76. The first kappa shape index (κ1) is 16.0. The van der Waals surface area contributed by atoms with Crippen molar-refractivity contribution in [1.29, 1.82) is 0 Å². The standard InChI is InChI=1S/C20H22N2O3/c1-24-18-8-3-2-7-16(18)13-5-4-6-14(11-13)21-20(23)22-17-12-15-9-10-19(17)25-15/h2-8,11,15,17,19H,9-10,12H2,1H3,(H2,21,22,23)/t15-,17-,19-/m1/s1. The number of methoxy groups -OCH3 is 1. The van der Waals surface area contributed by atoms with Crippen molar-refractivity contribution in [3.05, 3.63) is 48.5 Å². The van der Waals surface area contributed by atoms with Crippen LogP contribution in [0.1, 0.15) is 19.3 Å². The lowest BCUT2D eigenvalue weighted by Gasteiger charge is -2.20. The zero-order valence-corrected chi connectivity index (χ0v) is 14.2. The number of rotatable bonds is 4. The molecular formula is C20H22N2O3. The highest BCUT2D eigenvalue weighted by Gasteiger charge is 2.41. The molecule has 2 aromatic rings. The summed E-state index contributed by atoms with van der Waals surface area (Å²) in [5.41, 5.74) is 2.75. The predicted octanol–water partition coefficient (Wildman–Crippen LogP) is 3.80. The molecular weight excluding hydrogens is 316 g/mol. The molecule has 0 radical (unpaired) electrons. The van der Waals surface area contributed by atoms with Crippen molar-refractivity contribution in [3.8, 4) is 16.9 Å². The maximum atomic E-state index is 12.3. The zero-order valence-electron chi connectivity index (χ0n) is 14.2. The Morgan fingerprint density at radius 3 is 2.80 bits per heavy atom. The lowest BCUT2D eigenvalue weighted by Crippen LogP contribution is -2.43. The van der Waals surface area contributed by atoms with Gasteiger partial charge in [-0.15, -0.1) is 0 Å². The first-order valence-corrected chi connectivity index (χ1v) is 8.69. The minimum absolute atomic E-state index is 0.121. The Hall–Kier alpha value is -2.53. The van der Waals surface area contributed by atoms with E-state index in [9.17, 15) is 4.79 Å². The van der Waals surface area contributed by atoms with Gasteiger partial charge in [0.2, 0.25) is 0 Å². The first-order chi connectivity index (χ1) is 12.2. The van der Waals surface area contributed by atoms with Crippen LogP contribution < -0.4 is 15.4 Å². The smallest absolute Gasteiger partial charge is 0.319 e. The molecule has 4 rings (SSSR count). The van der Waals surface area contributed by atoms with Gasteiger partial charge in [-0.3, -0.25) is 0 Å². The second-order valence-corrected chi connectivity index (χ2v) is 6.60. The molecule has 2 saturated heterocycles. The monoisotopic (exact) mass is 338 g/mol. The molecule has 2 amide bonds. The Labute approximate surface area is 147 Å². The van der Waals surface area contributed by atoms with Crippen LogP contribution in [0, 0.1) is 0 Å². The van der Waals surface area contributed by atoms with Crippen LogP contribution in [-0.2, 0) is 4.74 Å². The maximum absolute atomic E-state index is 12.3. The molecule has 2 aliphatic heterocycles. The molecule has 130 valence electrons. The van der Waals surface area contributed by atoms with Gasteiger partial charge < -0.3 is 20.1 Å². The van der Waals surface area contributed by atoms with Gasteiger partial charge in [-0.1, -0.05) is 30.3 Å². The quantitative estimate of drug-likeness (QED) is 0.891. The predicted molar refractivity (Wildman–Crippen MR) is 96.9 cm³/mol. The molecule has 0 aliphatic carbocycles. The number of anilines is 1. The fourth-order valence-electron chi connectivity index (χ4n) is 3.77. The number of nitrogens with one attached hydrogen (secondary N) is 2. The van der Waals surface area contributed by atoms with E-state index in [1.165, 1.54) is 0 Å². The summed E-state index contributed by atoms with van der Waals surface area (Å²) < 4.78 is 11.2. The van der Waals surface area contributed by atoms with Crippen molar-refractivity contribution in [1.82, 2.24) is 5.32 Å². The van der Waals surface area contributed by atoms with Gasteiger partial charge in [-0.25, -0.2) is 4.79 Å². The number of amides is 2. The molecule has 2 N–H and O–H groups in total. The van der Waals surface area contributed by atoms with Gasteiger partial charge in [0.05, 0.1) is 25.4 Å². The summed E-state index contributed by atoms with van der Waals surface area (Å²) in [6, 6.07) is 15.6. The third-order valence-electron chi connectivity index (χ3n) is 4.96. The molecule has 0 spiro atoms. The molecule has 0 saturated carbocycles. The number of carbonyl (C=O) groups excluding carboxylic acids is 1. The lowest BCUT2D eigenvalue weighted by atomic mass is 9.96. The van der Waals surface area contributed by atoms with Crippen molar-refractivity contribution in [3.63, 3.8) is 0 Å². The second-order valence-electron chi connectivity index (χ2n) is 6.60. The molecule has 0 unspecified atom stereocenters. The van der Waals surface area contributed by atoms with E-state index in [2.05, 4.69) is 10.6 Å². The highest BCUT2D eigenvalue weighted by Crippen LogP contribution is 2.34. The highest BCUT2D eigenvalue weighted by atomic mass is 16.5. The third kappa shape index (κ3) is 3.33. The number of benzene rings is 2. The summed E-state index contributed by atoms with van der Waals surface area (Å²) in [5.74, 6) is 0.809. The number of urea groups is 1. The van der Waals surface area contributed by atoms with Crippen molar-refractivity contribution in [2.45, 2.75) is 37.5 Å². The molecule has 25 heavy (non-hydrogen) atoms. The summed E-state index contributed by atoms with van der Waals surface area (Å²) in [7, 11) is 1.66. The fourth-order valence-corrected chi connectivity index (χ4v) is 3.77. The molecule has 5 heteroatoms. The molecule has 5 nitrogen and oxygen atoms in total. The molecule has 2 heterocycles. The van der Waals surface area contributed by atoms with Crippen LogP contribution >= 0.6 is 0 Å². The topological polar surface area (TPSA) is 59.6 Å². The van der Waals surface area contributed by atoms with E-state index in [0.29, 0.717) is 6.10 Å². The Morgan fingerprint density at radius 1 is 1.16 bits per heavy atom. The van der Waals surface area contributed by atoms with Gasteiger partial charge in [0.25, 0.3) is 0 Å². The van der Waals surface area contributed by atoms with Crippen LogP contribution in [0.3, 0.4) is 0 Å². The molecule has 3 atom stereocenters. The minimum atomic E-state index is -0.182. The number of hydrogen-bond acceptors (Lipinski definition) is 3.